The summed E-state index contributed by atoms with van der Waals surface area (Å²) in [5, 5.41) is 29.0. The van der Waals surface area contributed by atoms with Gasteiger partial charge in [-0.15, -0.1) is 0 Å². The van der Waals surface area contributed by atoms with Crippen LogP contribution < -0.4 is 0 Å². The Bertz CT molecular complexity index is 467. The van der Waals surface area contributed by atoms with Gasteiger partial charge in [-0.05, 0) is 32.4 Å². The van der Waals surface area contributed by atoms with Crippen LogP contribution in [-0.2, 0) is 11.2 Å². The molecule has 0 aliphatic carbocycles. The van der Waals surface area contributed by atoms with E-state index in [0.29, 0.717) is 0 Å². The molecule has 6 heteroatoms. The molecule has 0 aliphatic rings. The van der Waals surface area contributed by atoms with Crippen molar-refractivity contribution >= 4 is 11.7 Å². The van der Waals surface area contributed by atoms with Crippen molar-refractivity contribution in [2.24, 2.45) is 5.41 Å². The topological polar surface area (TPSA) is 101 Å². The zero-order valence-corrected chi connectivity index (χ0v) is 9.51. The molecule has 0 atom stereocenters. The van der Waals surface area contributed by atoms with E-state index in [1.165, 1.54) is 32.0 Å². The van der Waals surface area contributed by atoms with Crippen LogP contribution in [0.4, 0.5) is 5.69 Å². The van der Waals surface area contributed by atoms with E-state index in [9.17, 15) is 20.0 Å². The second kappa shape index (κ2) is 4.40. The summed E-state index contributed by atoms with van der Waals surface area (Å²) in [5.74, 6) is -1.16. The minimum Gasteiger partial charge on any atom is -0.508 e. The maximum absolute atomic E-state index is 11.0. The summed E-state index contributed by atoms with van der Waals surface area (Å²) >= 11 is 0. The lowest BCUT2D eigenvalue weighted by molar-refractivity contribution is -0.385. The Morgan fingerprint density at radius 3 is 2.53 bits per heavy atom. The summed E-state index contributed by atoms with van der Waals surface area (Å²) in [6.07, 6.45) is -0.0208. The fourth-order valence-electron chi connectivity index (χ4n) is 1.44. The largest absolute Gasteiger partial charge is 0.508 e. The van der Waals surface area contributed by atoms with E-state index < -0.39 is 16.3 Å². The molecule has 6 nitrogen and oxygen atoms in total. The molecule has 0 unspecified atom stereocenters. The van der Waals surface area contributed by atoms with Gasteiger partial charge in [-0.3, -0.25) is 14.9 Å². The number of carboxylic acid groups (broad SMARTS) is 1. The van der Waals surface area contributed by atoms with E-state index in [4.69, 9.17) is 5.11 Å². The number of nitro benzene ring substituents is 1. The Morgan fingerprint density at radius 2 is 2.06 bits per heavy atom. The molecule has 92 valence electrons. The van der Waals surface area contributed by atoms with E-state index in [1.54, 1.807) is 0 Å². The number of nitrogens with zero attached hydrogens (tertiary/aromatic N) is 1. The molecule has 0 aromatic heterocycles. The van der Waals surface area contributed by atoms with Crippen molar-refractivity contribution in [2.45, 2.75) is 20.3 Å². The minimum atomic E-state index is -1.13. The number of hydrogen-bond donors (Lipinski definition) is 2. The summed E-state index contributed by atoms with van der Waals surface area (Å²) in [4.78, 5) is 21.1. The van der Waals surface area contributed by atoms with Gasteiger partial charge in [0.1, 0.15) is 5.75 Å². The Balaban J connectivity index is 3.17. The molecule has 0 saturated heterocycles. The highest BCUT2D eigenvalue weighted by molar-refractivity contribution is 5.74. The normalized spacial score (nSPS) is 11.2. The summed E-state index contributed by atoms with van der Waals surface area (Å²) in [6, 6.07) is 3.60. The molecule has 2 N–H and O–H groups in total. The van der Waals surface area contributed by atoms with Crippen LogP contribution >= 0.6 is 0 Å². The number of hydrogen-bond acceptors (Lipinski definition) is 4. The fourth-order valence-corrected chi connectivity index (χ4v) is 1.44. The summed E-state index contributed by atoms with van der Waals surface area (Å²) in [6.45, 7) is 2.95. The average Bonchev–Trinajstić information content (AvgIpc) is 2.15. The number of phenols is 1. The molecule has 0 bridgehead atoms. The zero-order chi connectivity index (χ0) is 13.2. The maximum atomic E-state index is 11.0. The van der Waals surface area contributed by atoms with Crippen molar-refractivity contribution < 1.29 is 19.9 Å². The van der Waals surface area contributed by atoms with Gasteiger partial charge < -0.3 is 10.2 Å². The number of aromatic hydroxyl groups is 1. The van der Waals surface area contributed by atoms with E-state index in [0.717, 1.165) is 0 Å². The Hall–Kier alpha value is -2.11. The number of carboxylic acids is 1. The van der Waals surface area contributed by atoms with Gasteiger partial charge in [0.05, 0.1) is 10.3 Å². The third kappa shape index (κ3) is 2.93. The van der Waals surface area contributed by atoms with Crippen LogP contribution in [0.1, 0.15) is 19.4 Å². The second-order valence-electron chi connectivity index (χ2n) is 4.44. The number of benzene rings is 1. The van der Waals surface area contributed by atoms with Gasteiger partial charge in [-0.2, -0.15) is 0 Å². The Labute approximate surface area is 97.7 Å². The third-order valence-corrected chi connectivity index (χ3v) is 2.47. The Kier molecular flexibility index (Phi) is 3.36. The molecule has 17 heavy (non-hydrogen) atoms. The molecule has 0 heterocycles. The number of aliphatic carboxylic acids is 1. The van der Waals surface area contributed by atoms with Crippen molar-refractivity contribution in [3.63, 3.8) is 0 Å². The molecule has 0 saturated carbocycles. The second-order valence-corrected chi connectivity index (χ2v) is 4.44. The first kappa shape index (κ1) is 13.0. The fraction of sp³-hybridized carbons (Fsp3) is 0.364. The van der Waals surface area contributed by atoms with Crippen LogP contribution in [0.25, 0.3) is 0 Å². The molecular weight excluding hydrogens is 226 g/mol. The van der Waals surface area contributed by atoms with E-state index in [1.807, 2.05) is 0 Å². The van der Waals surface area contributed by atoms with Gasteiger partial charge in [0, 0.05) is 11.6 Å². The smallest absolute Gasteiger partial charge is 0.309 e. The first-order chi connectivity index (χ1) is 7.74. The molecule has 1 aromatic carbocycles. The van der Waals surface area contributed by atoms with Gasteiger partial charge in [0.25, 0.3) is 5.69 Å². The van der Waals surface area contributed by atoms with Gasteiger partial charge in [0.15, 0.2) is 0 Å². The summed E-state index contributed by atoms with van der Waals surface area (Å²) < 4.78 is 0. The maximum Gasteiger partial charge on any atom is 0.309 e. The predicted molar refractivity (Wildman–Crippen MR) is 59.9 cm³/mol. The van der Waals surface area contributed by atoms with Crippen molar-refractivity contribution in [1.82, 2.24) is 0 Å². The lowest BCUT2D eigenvalue weighted by Crippen LogP contribution is -2.26. The molecule has 0 fully saturated rings. The van der Waals surface area contributed by atoms with Crippen LogP contribution in [-0.4, -0.2) is 21.1 Å². The highest BCUT2D eigenvalue weighted by Gasteiger charge is 2.30. The molecule has 1 rings (SSSR count). The number of phenolic OH excluding ortho intramolecular Hbond substituents is 1. The molecule has 0 amide bonds. The van der Waals surface area contributed by atoms with Crippen LogP contribution in [0.3, 0.4) is 0 Å². The first-order valence-corrected chi connectivity index (χ1v) is 4.94. The highest BCUT2D eigenvalue weighted by Crippen LogP contribution is 2.30. The lowest BCUT2D eigenvalue weighted by atomic mass is 9.85. The van der Waals surface area contributed by atoms with Gasteiger partial charge >= 0.3 is 5.97 Å². The SMILES string of the molecule is CC(C)(Cc1cc(O)ccc1[N+](=O)[O-])C(=O)O. The van der Waals surface area contributed by atoms with Crippen molar-refractivity contribution in [3.05, 3.63) is 33.9 Å². The monoisotopic (exact) mass is 239 g/mol. The molecule has 0 radical (unpaired) electrons. The molecular formula is C11H13NO5. The van der Waals surface area contributed by atoms with Crippen LogP contribution in [0, 0.1) is 15.5 Å². The number of rotatable bonds is 4. The van der Waals surface area contributed by atoms with Crippen molar-refractivity contribution in [3.8, 4) is 5.75 Å². The van der Waals surface area contributed by atoms with Crippen molar-refractivity contribution in [1.29, 1.82) is 0 Å². The van der Waals surface area contributed by atoms with E-state index in [-0.39, 0.29) is 23.4 Å². The molecule has 0 aliphatic heterocycles. The highest BCUT2D eigenvalue weighted by atomic mass is 16.6. The quantitative estimate of drug-likeness (QED) is 0.617. The average molecular weight is 239 g/mol. The van der Waals surface area contributed by atoms with Crippen LogP contribution in [0.2, 0.25) is 0 Å². The third-order valence-electron chi connectivity index (χ3n) is 2.47. The van der Waals surface area contributed by atoms with Crippen LogP contribution in [0.15, 0.2) is 18.2 Å². The van der Waals surface area contributed by atoms with Gasteiger partial charge in [-0.25, -0.2) is 0 Å². The zero-order valence-electron chi connectivity index (χ0n) is 9.51. The van der Waals surface area contributed by atoms with E-state index >= 15 is 0 Å². The number of nitro groups is 1. The molecule has 0 spiro atoms. The predicted octanol–water partition coefficient (Wildman–Crippen LogP) is 1.95. The summed E-state index contributed by atoms with van der Waals surface area (Å²) in [7, 11) is 0. The number of carbonyl (C=O) groups is 1. The lowest BCUT2D eigenvalue weighted by Gasteiger charge is -2.18. The summed E-state index contributed by atoms with van der Waals surface area (Å²) in [5.41, 5.74) is -1.10. The minimum absolute atomic E-state index is 0.0208. The molecule has 1 aromatic rings. The standard InChI is InChI=1S/C11H13NO5/c1-11(2,10(14)15)6-7-5-8(13)3-4-9(7)12(16)17/h3-5,13H,6H2,1-2H3,(H,14,15). The van der Waals surface area contributed by atoms with Crippen LogP contribution in [0.5, 0.6) is 5.75 Å². The Morgan fingerprint density at radius 1 is 1.47 bits per heavy atom. The van der Waals surface area contributed by atoms with Gasteiger partial charge in [-0.1, -0.05) is 0 Å². The van der Waals surface area contributed by atoms with Gasteiger partial charge in [0.2, 0.25) is 0 Å². The van der Waals surface area contributed by atoms with Crippen molar-refractivity contribution in [2.75, 3.05) is 0 Å². The van der Waals surface area contributed by atoms with E-state index in [2.05, 4.69) is 0 Å². The first-order valence-electron chi connectivity index (χ1n) is 4.94.